The summed E-state index contributed by atoms with van der Waals surface area (Å²) >= 11 is 0. The molecule has 1 nitrogen and oxygen atoms in total. The maximum atomic E-state index is 4.07. The highest BCUT2D eigenvalue weighted by atomic mass is 14.1. The van der Waals surface area contributed by atoms with E-state index in [1.54, 1.807) is 0 Å². The van der Waals surface area contributed by atoms with Gasteiger partial charge in [0.1, 0.15) is 0 Å². The van der Waals surface area contributed by atoms with E-state index in [0.29, 0.717) is 0 Å². The van der Waals surface area contributed by atoms with Gasteiger partial charge in [0.2, 0.25) is 0 Å². The van der Waals surface area contributed by atoms with Gasteiger partial charge in [-0.1, -0.05) is 44.2 Å². The predicted octanol–water partition coefficient (Wildman–Crippen LogP) is 3.25. The quantitative estimate of drug-likeness (QED) is 0.715. The van der Waals surface area contributed by atoms with Crippen LogP contribution in [0.4, 0.5) is 0 Å². The summed E-state index contributed by atoms with van der Waals surface area (Å²) in [7, 11) is 0. The fourth-order valence-corrected chi connectivity index (χ4v) is 1.15. The van der Waals surface area contributed by atoms with Crippen molar-refractivity contribution < 1.29 is 0 Å². The average Bonchev–Trinajstić information content (AvgIpc) is 1.85. The molecular weight excluding hydrogens is 146 g/mol. The van der Waals surface area contributed by atoms with Crippen LogP contribution in [0, 0.1) is 12.3 Å². The molecule has 0 saturated heterocycles. The Bertz CT molecular complexity index is 208. The van der Waals surface area contributed by atoms with E-state index in [4.69, 9.17) is 0 Å². The molecule has 3 N–H and O–H groups in total. The Morgan fingerprint density at radius 3 is 2.08 bits per heavy atom. The van der Waals surface area contributed by atoms with Gasteiger partial charge in [-0.25, -0.2) is 0 Å². The largest absolute Gasteiger partial charge is 0.344 e. The van der Waals surface area contributed by atoms with Gasteiger partial charge in [-0.3, -0.25) is 0 Å². The Hall–Kier alpha value is -0.820. The highest BCUT2D eigenvalue weighted by Gasteiger charge is 2.10. The van der Waals surface area contributed by atoms with E-state index >= 15 is 0 Å². The first kappa shape index (κ1) is 11.2. The van der Waals surface area contributed by atoms with E-state index < -0.39 is 0 Å². The summed E-state index contributed by atoms with van der Waals surface area (Å²) < 4.78 is 0. The lowest BCUT2D eigenvalue weighted by molar-refractivity contribution is 0.472. The van der Waals surface area contributed by atoms with Crippen molar-refractivity contribution in [2.24, 2.45) is 5.41 Å². The first-order valence-electron chi connectivity index (χ1n) is 3.97. The first-order valence-corrected chi connectivity index (χ1v) is 3.97. The molecule has 0 aromatic heterocycles. The number of hydrogen-bond acceptors (Lipinski definition) is 1. The molecule has 0 aliphatic heterocycles. The van der Waals surface area contributed by atoms with E-state index in [9.17, 15) is 0 Å². The number of benzene rings is 1. The number of rotatable bonds is 2. The second-order valence-electron chi connectivity index (χ2n) is 3.83. The van der Waals surface area contributed by atoms with Crippen molar-refractivity contribution in [1.82, 2.24) is 6.15 Å². The minimum atomic E-state index is 0. The predicted molar refractivity (Wildman–Crippen MR) is 54.3 cm³/mol. The second kappa shape index (κ2) is 4.27. The Kier molecular flexibility index (Phi) is 3.98. The van der Waals surface area contributed by atoms with Gasteiger partial charge in [-0.2, -0.15) is 0 Å². The molecule has 1 radical (unpaired) electrons. The van der Waals surface area contributed by atoms with Crippen molar-refractivity contribution in [3.05, 3.63) is 42.8 Å². The van der Waals surface area contributed by atoms with Crippen molar-refractivity contribution in [1.29, 1.82) is 0 Å². The van der Waals surface area contributed by atoms with Crippen LogP contribution < -0.4 is 6.15 Å². The van der Waals surface area contributed by atoms with Crippen molar-refractivity contribution in [2.75, 3.05) is 0 Å². The SMILES string of the molecule is N.[CH2]C(C)(C)Cc1ccccc1. The normalized spacial score (nSPS) is 10.6. The minimum absolute atomic E-state index is 0. The van der Waals surface area contributed by atoms with Crippen molar-refractivity contribution in [3.8, 4) is 0 Å². The lowest BCUT2D eigenvalue weighted by Crippen LogP contribution is -2.09. The molecule has 1 heteroatoms. The van der Waals surface area contributed by atoms with Crippen LogP contribution in [0.5, 0.6) is 0 Å². The van der Waals surface area contributed by atoms with E-state index in [1.807, 2.05) is 6.07 Å². The van der Waals surface area contributed by atoms with Crippen LogP contribution in [-0.2, 0) is 6.42 Å². The standard InChI is InChI=1S/C11H15.H3N/c1-11(2,3)9-10-7-5-4-6-8-10;/h4-8H,1,9H2,2-3H3;1H3. The highest BCUT2D eigenvalue weighted by molar-refractivity contribution is 5.16. The van der Waals surface area contributed by atoms with Gasteiger partial charge >= 0.3 is 0 Å². The topological polar surface area (TPSA) is 35.0 Å². The molecule has 1 rings (SSSR count). The van der Waals surface area contributed by atoms with Gasteiger partial charge in [0.05, 0.1) is 0 Å². The molecule has 0 aliphatic carbocycles. The molecule has 0 aliphatic rings. The highest BCUT2D eigenvalue weighted by Crippen LogP contribution is 2.19. The molecule has 0 unspecified atom stereocenters. The Morgan fingerprint density at radius 1 is 1.17 bits per heavy atom. The number of hydrogen-bond donors (Lipinski definition) is 1. The van der Waals surface area contributed by atoms with Crippen LogP contribution in [0.3, 0.4) is 0 Å². The Labute approximate surface area is 75.4 Å². The lowest BCUT2D eigenvalue weighted by atomic mass is 9.88. The summed E-state index contributed by atoms with van der Waals surface area (Å²) in [5.74, 6) is 0. The molecule has 1 aromatic rings. The molecule has 0 atom stereocenters. The van der Waals surface area contributed by atoms with Gasteiger partial charge in [0.15, 0.2) is 0 Å². The third-order valence-electron chi connectivity index (χ3n) is 1.53. The van der Waals surface area contributed by atoms with Crippen LogP contribution >= 0.6 is 0 Å². The molecule has 0 saturated carbocycles. The zero-order valence-electron chi connectivity index (χ0n) is 8.01. The fraction of sp³-hybridized carbons (Fsp3) is 0.364. The van der Waals surface area contributed by atoms with Crippen molar-refractivity contribution in [2.45, 2.75) is 20.3 Å². The van der Waals surface area contributed by atoms with Gasteiger partial charge in [0, 0.05) is 0 Å². The maximum Gasteiger partial charge on any atom is -0.0227 e. The maximum absolute atomic E-state index is 4.07. The molecule has 12 heavy (non-hydrogen) atoms. The van der Waals surface area contributed by atoms with Gasteiger partial charge < -0.3 is 6.15 Å². The average molecular weight is 164 g/mol. The molecule has 0 amide bonds. The van der Waals surface area contributed by atoms with Gasteiger partial charge in [0.25, 0.3) is 0 Å². The van der Waals surface area contributed by atoms with Crippen LogP contribution in [-0.4, -0.2) is 0 Å². The van der Waals surface area contributed by atoms with E-state index in [0.717, 1.165) is 6.42 Å². The van der Waals surface area contributed by atoms with E-state index in [2.05, 4.69) is 45.0 Å². The van der Waals surface area contributed by atoms with Crippen LogP contribution in [0.15, 0.2) is 30.3 Å². The van der Waals surface area contributed by atoms with Gasteiger partial charge in [-0.05, 0) is 24.3 Å². The Morgan fingerprint density at radius 2 is 1.67 bits per heavy atom. The second-order valence-corrected chi connectivity index (χ2v) is 3.83. The monoisotopic (exact) mass is 164 g/mol. The van der Waals surface area contributed by atoms with E-state index in [-0.39, 0.29) is 11.6 Å². The van der Waals surface area contributed by atoms with Crippen molar-refractivity contribution >= 4 is 0 Å². The summed E-state index contributed by atoms with van der Waals surface area (Å²) in [6, 6.07) is 10.5. The van der Waals surface area contributed by atoms with Crippen LogP contribution in [0.2, 0.25) is 0 Å². The Balaban J connectivity index is 0.00000121. The molecule has 0 heterocycles. The molecule has 0 fully saturated rings. The zero-order chi connectivity index (χ0) is 8.32. The first-order chi connectivity index (χ1) is 5.08. The molecular formula is C11H18N. The van der Waals surface area contributed by atoms with E-state index in [1.165, 1.54) is 5.56 Å². The molecule has 0 bridgehead atoms. The fourth-order valence-electron chi connectivity index (χ4n) is 1.15. The smallest absolute Gasteiger partial charge is 0.0227 e. The minimum Gasteiger partial charge on any atom is -0.344 e. The molecule has 1 aromatic carbocycles. The summed E-state index contributed by atoms with van der Waals surface area (Å²) in [4.78, 5) is 0. The van der Waals surface area contributed by atoms with Crippen LogP contribution in [0.25, 0.3) is 0 Å². The van der Waals surface area contributed by atoms with Crippen molar-refractivity contribution in [3.63, 3.8) is 0 Å². The molecule has 67 valence electrons. The summed E-state index contributed by atoms with van der Waals surface area (Å²) in [5, 5.41) is 0. The zero-order valence-corrected chi connectivity index (χ0v) is 8.01. The van der Waals surface area contributed by atoms with Crippen LogP contribution in [0.1, 0.15) is 19.4 Å². The lowest BCUT2D eigenvalue weighted by Gasteiger charge is -2.17. The molecule has 0 spiro atoms. The third kappa shape index (κ3) is 4.14. The summed E-state index contributed by atoms with van der Waals surface area (Å²) in [6.07, 6.45) is 1.05. The summed E-state index contributed by atoms with van der Waals surface area (Å²) in [5.41, 5.74) is 1.52. The van der Waals surface area contributed by atoms with Gasteiger partial charge in [-0.15, -0.1) is 0 Å². The third-order valence-corrected chi connectivity index (χ3v) is 1.53. The summed E-state index contributed by atoms with van der Waals surface area (Å²) in [6.45, 7) is 8.37.